The molecule has 3 aromatic rings. The number of nitrogens with one attached hydrogen (secondary N) is 3. The Morgan fingerprint density at radius 3 is 3.11 bits per heavy atom. The van der Waals surface area contributed by atoms with Gasteiger partial charge in [-0.05, 0) is 25.8 Å². The Kier molecular flexibility index (Phi) is 4.92. The van der Waals surface area contributed by atoms with Crippen LogP contribution in [0.4, 0.5) is 17.5 Å². The Balaban J connectivity index is 1.56. The van der Waals surface area contributed by atoms with Crippen molar-refractivity contribution >= 4 is 34.4 Å². The zero-order valence-corrected chi connectivity index (χ0v) is 15.7. The van der Waals surface area contributed by atoms with Gasteiger partial charge in [0, 0.05) is 31.9 Å². The van der Waals surface area contributed by atoms with Gasteiger partial charge in [0.2, 0.25) is 11.9 Å². The maximum Gasteiger partial charge on any atom is 0.246 e. The summed E-state index contributed by atoms with van der Waals surface area (Å²) in [6.45, 7) is 7.75. The smallest absolute Gasteiger partial charge is 0.246 e. The van der Waals surface area contributed by atoms with Crippen molar-refractivity contribution in [1.82, 2.24) is 34.8 Å². The lowest BCUT2D eigenvalue weighted by Crippen LogP contribution is -2.44. The molecule has 1 aliphatic heterocycles. The molecule has 0 unspecified atom stereocenters. The van der Waals surface area contributed by atoms with Gasteiger partial charge in [0.15, 0.2) is 5.65 Å². The van der Waals surface area contributed by atoms with Crippen LogP contribution >= 0.6 is 0 Å². The Bertz CT molecular complexity index is 992. The lowest BCUT2D eigenvalue weighted by atomic mass is 10.1. The topological polar surface area (TPSA) is 117 Å². The highest BCUT2D eigenvalue weighted by Crippen LogP contribution is 2.24. The molecule has 0 aromatic carbocycles. The summed E-state index contributed by atoms with van der Waals surface area (Å²) >= 11 is 0. The second kappa shape index (κ2) is 7.67. The van der Waals surface area contributed by atoms with Crippen molar-refractivity contribution in [1.29, 1.82) is 0 Å². The van der Waals surface area contributed by atoms with Gasteiger partial charge in [-0.1, -0.05) is 6.58 Å². The predicted molar refractivity (Wildman–Crippen MR) is 106 cm³/mol. The van der Waals surface area contributed by atoms with Gasteiger partial charge in [-0.25, -0.2) is 0 Å². The SMILES string of the molecule is C=CC(=O)N1CCC[C@@H](Nc2nc(Nc3cnn(CC)c3)nc3[nH]ncc23)C1. The predicted octanol–water partition coefficient (Wildman–Crippen LogP) is 1.90. The molecule has 146 valence electrons. The van der Waals surface area contributed by atoms with E-state index in [0.717, 1.165) is 37.0 Å². The van der Waals surface area contributed by atoms with Crippen LogP contribution in [0.1, 0.15) is 19.8 Å². The second-order valence-electron chi connectivity index (χ2n) is 6.71. The van der Waals surface area contributed by atoms with Gasteiger partial charge in [0.1, 0.15) is 5.82 Å². The normalized spacial score (nSPS) is 16.9. The quantitative estimate of drug-likeness (QED) is 0.558. The van der Waals surface area contributed by atoms with Crippen LogP contribution in [0.15, 0.2) is 31.2 Å². The van der Waals surface area contributed by atoms with E-state index in [-0.39, 0.29) is 11.9 Å². The number of carbonyl (C=O) groups excluding carboxylic acids is 1. The number of likely N-dealkylation sites (tertiary alicyclic amines) is 1. The summed E-state index contributed by atoms with van der Waals surface area (Å²) in [5.41, 5.74) is 1.45. The Labute approximate surface area is 162 Å². The van der Waals surface area contributed by atoms with Crippen molar-refractivity contribution in [2.45, 2.75) is 32.4 Å². The van der Waals surface area contributed by atoms with Crippen LogP contribution in [0.2, 0.25) is 0 Å². The summed E-state index contributed by atoms with van der Waals surface area (Å²) in [7, 11) is 0. The zero-order chi connectivity index (χ0) is 19.5. The molecule has 0 radical (unpaired) electrons. The standard InChI is InChI=1S/C18H23N9O/c1-3-15(28)26-7-5-6-12(10-26)21-16-14-9-19-25-17(14)24-18(23-16)22-13-8-20-27(4-2)11-13/h3,8-9,11-12H,1,4-7,10H2,2H3,(H3,19,21,22,23,24,25)/t12-/m1/s1. The molecule has 10 heteroatoms. The fourth-order valence-corrected chi connectivity index (χ4v) is 3.35. The van der Waals surface area contributed by atoms with Crippen LogP contribution in [0.3, 0.4) is 0 Å². The third-order valence-electron chi connectivity index (χ3n) is 4.77. The van der Waals surface area contributed by atoms with Gasteiger partial charge in [0.05, 0.1) is 23.5 Å². The Morgan fingerprint density at radius 1 is 1.43 bits per heavy atom. The van der Waals surface area contributed by atoms with E-state index in [1.54, 1.807) is 17.3 Å². The molecule has 0 saturated carbocycles. The van der Waals surface area contributed by atoms with E-state index < -0.39 is 0 Å². The second-order valence-corrected chi connectivity index (χ2v) is 6.71. The number of aromatic amines is 1. The van der Waals surface area contributed by atoms with Crippen molar-refractivity contribution in [2.24, 2.45) is 0 Å². The minimum atomic E-state index is -0.0436. The number of nitrogens with zero attached hydrogens (tertiary/aromatic N) is 6. The van der Waals surface area contributed by atoms with Crippen LogP contribution in [0.5, 0.6) is 0 Å². The summed E-state index contributed by atoms with van der Waals surface area (Å²) < 4.78 is 1.82. The minimum absolute atomic E-state index is 0.0436. The molecule has 0 spiro atoms. The number of rotatable bonds is 6. The minimum Gasteiger partial charge on any atom is -0.365 e. The lowest BCUT2D eigenvalue weighted by molar-refractivity contribution is -0.127. The molecule has 1 amide bonds. The van der Waals surface area contributed by atoms with Crippen molar-refractivity contribution in [3.63, 3.8) is 0 Å². The van der Waals surface area contributed by atoms with Crippen molar-refractivity contribution in [3.8, 4) is 0 Å². The maximum absolute atomic E-state index is 11.9. The molecule has 3 aromatic heterocycles. The monoisotopic (exact) mass is 381 g/mol. The van der Waals surface area contributed by atoms with Gasteiger partial charge < -0.3 is 15.5 Å². The summed E-state index contributed by atoms with van der Waals surface area (Å²) in [4.78, 5) is 22.9. The fraction of sp³-hybridized carbons (Fsp3) is 0.389. The largest absolute Gasteiger partial charge is 0.365 e. The van der Waals surface area contributed by atoms with Crippen LogP contribution in [0, 0.1) is 0 Å². The number of carbonyl (C=O) groups is 1. The number of hydrogen-bond acceptors (Lipinski definition) is 7. The van der Waals surface area contributed by atoms with Crippen LogP contribution in [0.25, 0.3) is 11.0 Å². The number of amides is 1. The Hall–Kier alpha value is -3.43. The molecule has 0 aliphatic carbocycles. The molecule has 10 nitrogen and oxygen atoms in total. The highest BCUT2D eigenvalue weighted by atomic mass is 16.2. The molecule has 3 N–H and O–H groups in total. The number of fused-ring (bicyclic) bond motifs is 1. The first-order valence-corrected chi connectivity index (χ1v) is 9.34. The van der Waals surface area contributed by atoms with Crippen molar-refractivity contribution < 1.29 is 4.79 Å². The average molecular weight is 381 g/mol. The lowest BCUT2D eigenvalue weighted by Gasteiger charge is -2.32. The number of anilines is 3. The number of aryl methyl sites for hydroxylation is 1. The molecule has 28 heavy (non-hydrogen) atoms. The molecule has 1 aliphatic rings. The summed E-state index contributed by atoms with van der Waals surface area (Å²) in [5.74, 6) is 1.09. The highest BCUT2D eigenvalue weighted by Gasteiger charge is 2.23. The van der Waals surface area contributed by atoms with E-state index in [0.29, 0.717) is 24.0 Å². The van der Waals surface area contributed by atoms with E-state index >= 15 is 0 Å². The molecular weight excluding hydrogens is 358 g/mol. The first-order chi connectivity index (χ1) is 13.7. The van der Waals surface area contributed by atoms with E-state index in [1.807, 2.05) is 17.8 Å². The Morgan fingerprint density at radius 2 is 2.32 bits per heavy atom. The third kappa shape index (κ3) is 3.66. The number of piperidine rings is 1. The molecule has 4 heterocycles. The zero-order valence-electron chi connectivity index (χ0n) is 15.7. The number of hydrogen-bond donors (Lipinski definition) is 3. The summed E-state index contributed by atoms with van der Waals surface area (Å²) in [6.07, 6.45) is 8.57. The van der Waals surface area contributed by atoms with Crippen molar-refractivity contribution in [2.75, 3.05) is 23.7 Å². The van der Waals surface area contributed by atoms with Gasteiger partial charge in [-0.15, -0.1) is 0 Å². The summed E-state index contributed by atoms with van der Waals surface area (Å²) in [6, 6.07) is 0.0985. The van der Waals surface area contributed by atoms with Crippen molar-refractivity contribution in [3.05, 3.63) is 31.2 Å². The maximum atomic E-state index is 11.9. The molecule has 1 saturated heterocycles. The first kappa shape index (κ1) is 18.0. The van der Waals surface area contributed by atoms with Gasteiger partial charge in [-0.2, -0.15) is 20.2 Å². The van der Waals surface area contributed by atoms with Gasteiger partial charge in [-0.3, -0.25) is 14.6 Å². The van der Waals surface area contributed by atoms with E-state index in [1.165, 1.54) is 6.08 Å². The number of aromatic nitrogens is 6. The molecule has 0 bridgehead atoms. The third-order valence-corrected chi connectivity index (χ3v) is 4.77. The molecular formula is C18H23N9O. The summed E-state index contributed by atoms with van der Waals surface area (Å²) in [5, 5.41) is 18.7. The van der Waals surface area contributed by atoms with Gasteiger partial charge in [0.25, 0.3) is 0 Å². The van der Waals surface area contributed by atoms with E-state index in [4.69, 9.17) is 0 Å². The number of H-pyrrole nitrogens is 1. The molecule has 4 rings (SSSR count). The highest BCUT2D eigenvalue weighted by molar-refractivity contribution is 5.88. The fourth-order valence-electron chi connectivity index (χ4n) is 3.35. The van der Waals surface area contributed by atoms with E-state index in [9.17, 15) is 4.79 Å². The van der Waals surface area contributed by atoms with Crippen LogP contribution < -0.4 is 10.6 Å². The van der Waals surface area contributed by atoms with Gasteiger partial charge >= 0.3 is 0 Å². The first-order valence-electron chi connectivity index (χ1n) is 9.34. The van der Waals surface area contributed by atoms with E-state index in [2.05, 4.69) is 42.5 Å². The van der Waals surface area contributed by atoms with Crippen LogP contribution in [-0.2, 0) is 11.3 Å². The molecule has 1 fully saturated rings. The van der Waals surface area contributed by atoms with Crippen LogP contribution in [-0.4, -0.2) is 59.9 Å². The average Bonchev–Trinajstić information content (AvgIpc) is 3.37. The molecule has 1 atom stereocenters.